The lowest BCUT2D eigenvalue weighted by molar-refractivity contribution is 0.558. The number of nitrogens with one attached hydrogen (secondary N) is 2. The minimum Gasteiger partial charge on any atom is -0.347 e. The molecule has 0 spiro atoms. The van der Waals surface area contributed by atoms with Gasteiger partial charge in [0, 0.05) is 12.4 Å². The topological polar surface area (TPSA) is 74.8 Å². The second-order valence-electron chi connectivity index (χ2n) is 3.49. The highest BCUT2D eigenvalue weighted by Crippen LogP contribution is 2.07. The second kappa shape index (κ2) is 5.27. The highest BCUT2D eigenvalue weighted by molar-refractivity contribution is 7.89. The van der Waals surface area contributed by atoms with Gasteiger partial charge in [-0.15, -0.1) is 0 Å². The van der Waals surface area contributed by atoms with Gasteiger partial charge in [-0.25, -0.2) is 18.1 Å². The van der Waals surface area contributed by atoms with Crippen molar-refractivity contribution in [2.45, 2.75) is 32.7 Å². The van der Waals surface area contributed by atoms with Gasteiger partial charge < -0.3 is 4.98 Å². The number of aromatic amines is 1. The van der Waals surface area contributed by atoms with Crippen LogP contribution in [0.5, 0.6) is 0 Å². The molecule has 86 valence electrons. The number of nitrogens with zero attached hydrogens (tertiary/aromatic N) is 1. The predicted molar refractivity (Wildman–Crippen MR) is 58.8 cm³/mol. The molecule has 0 aromatic carbocycles. The molecule has 0 aliphatic carbocycles. The van der Waals surface area contributed by atoms with Crippen molar-refractivity contribution in [2.75, 3.05) is 5.75 Å². The molecule has 0 amide bonds. The van der Waals surface area contributed by atoms with Crippen molar-refractivity contribution in [1.29, 1.82) is 0 Å². The summed E-state index contributed by atoms with van der Waals surface area (Å²) in [6.45, 7) is 3.73. The molecule has 1 heterocycles. The third-order valence-electron chi connectivity index (χ3n) is 2.05. The first-order valence-corrected chi connectivity index (χ1v) is 6.69. The van der Waals surface area contributed by atoms with Crippen LogP contribution < -0.4 is 4.72 Å². The van der Waals surface area contributed by atoms with Crippen molar-refractivity contribution in [3.05, 3.63) is 18.2 Å². The molecule has 0 fully saturated rings. The van der Waals surface area contributed by atoms with E-state index in [2.05, 4.69) is 14.7 Å². The summed E-state index contributed by atoms with van der Waals surface area (Å²) in [5.41, 5.74) is 0. The summed E-state index contributed by atoms with van der Waals surface area (Å²) in [5.74, 6) is 0.809. The maximum atomic E-state index is 11.5. The molecular formula is C9H17N3O2S. The number of hydrogen-bond acceptors (Lipinski definition) is 3. The molecule has 15 heavy (non-hydrogen) atoms. The summed E-state index contributed by atoms with van der Waals surface area (Å²) in [5, 5.41) is 0. The van der Waals surface area contributed by atoms with E-state index in [4.69, 9.17) is 0 Å². The SMILES string of the molecule is CCCCS(=O)(=O)NC(C)c1ncc[nH]1. The number of sulfonamides is 1. The first-order chi connectivity index (χ1) is 7.05. The normalized spacial score (nSPS) is 14.0. The van der Waals surface area contributed by atoms with Crippen LogP contribution >= 0.6 is 0 Å². The first kappa shape index (κ1) is 12.2. The quantitative estimate of drug-likeness (QED) is 0.772. The molecule has 2 N–H and O–H groups in total. The van der Waals surface area contributed by atoms with E-state index >= 15 is 0 Å². The third kappa shape index (κ3) is 4.01. The van der Waals surface area contributed by atoms with Gasteiger partial charge in [0.25, 0.3) is 0 Å². The Morgan fingerprint density at radius 3 is 2.87 bits per heavy atom. The van der Waals surface area contributed by atoms with E-state index in [1.807, 2.05) is 6.92 Å². The number of aromatic nitrogens is 2. The van der Waals surface area contributed by atoms with Gasteiger partial charge in [0.15, 0.2) is 0 Å². The van der Waals surface area contributed by atoms with Gasteiger partial charge in [-0.3, -0.25) is 0 Å². The molecule has 1 atom stereocenters. The molecule has 1 unspecified atom stereocenters. The van der Waals surface area contributed by atoms with Gasteiger partial charge in [-0.2, -0.15) is 0 Å². The van der Waals surface area contributed by atoms with Gasteiger partial charge in [0.1, 0.15) is 5.82 Å². The molecular weight excluding hydrogens is 214 g/mol. The van der Waals surface area contributed by atoms with Gasteiger partial charge in [0.2, 0.25) is 10.0 Å². The van der Waals surface area contributed by atoms with Crippen molar-refractivity contribution >= 4 is 10.0 Å². The zero-order valence-electron chi connectivity index (χ0n) is 9.03. The number of hydrogen-bond donors (Lipinski definition) is 2. The summed E-state index contributed by atoms with van der Waals surface area (Å²) in [4.78, 5) is 6.88. The van der Waals surface area contributed by atoms with E-state index in [0.29, 0.717) is 12.2 Å². The molecule has 0 saturated carbocycles. The standard InChI is InChI=1S/C9H17N3O2S/c1-3-4-7-15(13,14)12-8(2)9-10-5-6-11-9/h5-6,8,12H,3-4,7H2,1-2H3,(H,10,11). The Balaban J connectivity index is 2.54. The zero-order chi connectivity index (χ0) is 11.3. The third-order valence-corrected chi connectivity index (χ3v) is 3.59. The van der Waals surface area contributed by atoms with Crippen LogP contribution in [-0.2, 0) is 10.0 Å². The van der Waals surface area contributed by atoms with Crippen LogP contribution in [0.3, 0.4) is 0 Å². The number of rotatable bonds is 6. The molecule has 5 nitrogen and oxygen atoms in total. The van der Waals surface area contributed by atoms with Crippen LogP contribution in [0.15, 0.2) is 12.4 Å². The lowest BCUT2D eigenvalue weighted by atomic mass is 10.3. The molecule has 0 radical (unpaired) electrons. The Morgan fingerprint density at radius 2 is 2.33 bits per heavy atom. The van der Waals surface area contributed by atoms with Crippen LogP contribution in [0.1, 0.15) is 38.6 Å². The minimum absolute atomic E-state index is 0.175. The average molecular weight is 231 g/mol. The molecule has 0 aliphatic rings. The maximum Gasteiger partial charge on any atom is 0.212 e. The molecule has 0 bridgehead atoms. The number of unbranched alkanes of at least 4 members (excludes halogenated alkanes) is 1. The van der Waals surface area contributed by atoms with Crippen LogP contribution in [0.2, 0.25) is 0 Å². The van der Waals surface area contributed by atoms with E-state index in [1.165, 1.54) is 0 Å². The van der Waals surface area contributed by atoms with Crippen LogP contribution in [0.25, 0.3) is 0 Å². The molecule has 0 saturated heterocycles. The Bertz CT molecular complexity index is 372. The van der Waals surface area contributed by atoms with Crippen molar-refractivity contribution in [2.24, 2.45) is 0 Å². The smallest absolute Gasteiger partial charge is 0.212 e. The number of H-pyrrole nitrogens is 1. The van der Waals surface area contributed by atoms with Gasteiger partial charge in [0.05, 0.1) is 11.8 Å². The Morgan fingerprint density at radius 1 is 1.60 bits per heavy atom. The van der Waals surface area contributed by atoms with Crippen molar-refractivity contribution in [1.82, 2.24) is 14.7 Å². The predicted octanol–water partition coefficient (Wildman–Crippen LogP) is 1.19. The van der Waals surface area contributed by atoms with Gasteiger partial charge in [-0.05, 0) is 13.3 Å². The van der Waals surface area contributed by atoms with E-state index in [-0.39, 0.29) is 11.8 Å². The van der Waals surface area contributed by atoms with E-state index in [0.717, 1.165) is 6.42 Å². The lowest BCUT2D eigenvalue weighted by Gasteiger charge is -2.11. The fourth-order valence-corrected chi connectivity index (χ4v) is 2.67. The Labute approximate surface area is 90.4 Å². The largest absolute Gasteiger partial charge is 0.347 e. The Kier molecular flexibility index (Phi) is 4.28. The second-order valence-corrected chi connectivity index (χ2v) is 5.36. The van der Waals surface area contributed by atoms with Crippen molar-refractivity contribution in [3.8, 4) is 0 Å². The van der Waals surface area contributed by atoms with Gasteiger partial charge in [-0.1, -0.05) is 13.3 Å². The van der Waals surface area contributed by atoms with Crippen LogP contribution in [0, 0.1) is 0 Å². The van der Waals surface area contributed by atoms with Gasteiger partial charge >= 0.3 is 0 Å². The van der Waals surface area contributed by atoms with Crippen molar-refractivity contribution in [3.63, 3.8) is 0 Å². The zero-order valence-corrected chi connectivity index (χ0v) is 9.84. The van der Waals surface area contributed by atoms with Crippen LogP contribution in [-0.4, -0.2) is 24.1 Å². The minimum atomic E-state index is -3.18. The van der Waals surface area contributed by atoms with Crippen LogP contribution in [0.4, 0.5) is 0 Å². The average Bonchev–Trinajstić information content (AvgIpc) is 2.67. The summed E-state index contributed by atoms with van der Waals surface area (Å²) in [6, 6.07) is -0.304. The summed E-state index contributed by atoms with van der Waals surface area (Å²) in [7, 11) is -3.18. The van der Waals surface area contributed by atoms with Crippen molar-refractivity contribution < 1.29 is 8.42 Å². The number of imidazole rings is 1. The highest BCUT2D eigenvalue weighted by Gasteiger charge is 2.16. The van der Waals surface area contributed by atoms with E-state index < -0.39 is 10.0 Å². The summed E-state index contributed by atoms with van der Waals surface area (Å²) in [6.07, 6.45) is 4.83. The monoisotopic (exact) mass is 231 g/mol. The first-order valence-electron chi connectivity index (χ1n) is 5.04. The molecule has 1 rings (SSSR count). The maximum absolute atomic E-state index is 11.5. The molecule has 6 heteroatoms. The highest BCUT2D eigenvalue weighted by atomic mass is 32.2. The van der Waals surface area contributed by atoms with E-state index in [1.54, 1.807) is 19.3 Å². The fraction of sp³-hybridized carbons (Fsp3) is 0.667. The molecule has 0 aliphatic heterocycles. The Hall–Kier alpha value is -0.880. The lowest BCUT2D eigenvalue weighted by Crippen LogP contribution is -2.29. The summed E-state index contributed by atoms with van der Waals surface area (Å²) >= 11 is 0. The fourth-order valence-electron chi connectivity index (χ4n) is 1.23. The van der Waals surface area contributed by atoms with E-state index in [9.17, 15) is 8.42 Å². The summed E-state index contributed by atoms with van der Waals surface area (Å²) < 4.78 is 25.7. The molecule has 1 aromatic heterocycles. The molecule has 1 aromatic rings.